The van der Waals surface area contributed by atoms with Crippen LogP contribution in [-0.4, -0.2) is 6.54 Å². The number of hydrogen-bond donors (Lipinski definition) is 1. The van der Waals surface area contributed by atoms with E-state index in [1.165, 1.54) is 41.5 Å². The number of rotatable bonds is 6. The van der Waals surface area contributed by atoms with E-state index in [9.17, 15) is 0 Å². The topological polar surface area (TPSA) is 12.0 Å². The highest BCUT2D eigenvalue weighted by Gasteiger charge is 2.38. The Bertz CT molecular complexity index is 758. The number of allylic oxidation sites excluding steroid dienone is 1. The summed E-state index contributed by atoms with van der Waals surface area (Å²) in [6.07, 6.45) is 8.20. The van der Waals surface area contributed by atoms with Crippen molar-refractivity contribution in [1.29, 1.82) is 0 Å². The van der Waals surface area contributed by atoms with Crippen LogP contribution in [0.3, 0.4) is 0 Å². The number of nitrogens with one attached hydrogen (secondary N) is 1. The maximum absolute atomic E-state index is 3.97. The van der Waals surface area contributed by atoms with E-state index in [0.29, 0.717) is 5.92 Å². The van der Waals surface area contributed by atoms with Gasteiger partial charge in [0, 0.05) is 0 Å². The third kappa shape index (κ3) is 3.18. The lowest BCUT2D eigenvalue weighted by Crippen LogP contribution is -2.42. The SMILES string of the molecule is C=CCC[C@@H]1Cc2ccccc2[C@](C)(NCC2CC2)c2ccccc21. The summed E-state index contributed by atoms with van der Waals surface area (Å²) in [5.41, 5.74) is 5.85. The van der Waals surface area contributed by atoms with Gasteiger partial charge in [-0.25, -0.2) is 0 Å². The van der Waals surface area contributed by atoms with Gasteiger partial charge in [-0.15, -0.1) is 6.58 Å². The summed E-state index contributed by atoms with van der Waals surface area (Å²) in [5, 5.41) is 3.97. The molecule has 4 rings (SSSR count). The maximum Gasteiger partial charge on any atom is 0.0667 e. The monoisotopic (exact) mass is 331 g/mol. The summed E-state index contributed by atoms with van der Waals surface area (Å²) < 4.78 is 0. The molecule has 1 saturated carbocycles. The highest BCUT2D eigenvalue weighted by Crippen LogP contribution is 2.43. The molecule has 0 unspecified atom stereocenters. The van der Waals surface area contributed by atoms with Gasteiger partial charge in [0.05, 0.1) is 5.54 Å². The van der Waals surface area contributed by atoms with Crippen LogP contribution in [-0.2, 0) is 12.0 Å². The normalized spacial score (nSPS) is 24.9. The standard InChI is InChI=1S/C24H29N/c1-3-4-9-19-16-20-10-5-7-12-22(20)24(2,25-17-18-14-15-18)23-13-8-6-11-21(19)23/h3,5-8,10-13,18-19,25H,1,4,9,14-17H2,2H3/t19-,24+/m1/s1. The number of hydrogen-bond acceptors (Lipinski definition) is 1. The first-order valence-electron chi connectivity index (χ1n) is 9.76. The van der Waals surface area contributed by atoms with Crippen LogP contribution in [0.4, 0.5) is 0 Å². The van der Waals surface area contributed by atoms with Crippen molar-refractivity contribution < 1.29 is 0 Å². The molecule has 2 aliphatic rings. The zero-order valence-electron chi connectivity index (χ0n) is 15.3. The van der Waals surface area contributed by atoms with E-state index in [0.717, 1.165) is 25.3 Å². The zero-order valence-corrected chi connectivity index (χ0v) is 15.3. The van der Waals surface area contributed by atoms with Crippen LogP contribution in [0.25, 0.3) is 0 Å². The zero-order chi connectivity index (χ0) is 17.3. The van der Waals surface area contributed by atoms with Crippen LogP contribution < -0.4 is 5.32 Å². The van der Waals surface area contributed by atoms with Crippen molar-refractivity contribution in [3.63, 3.8) is 0 Å². The first-order chi connectivity index (χ1) is 12.2. The lowest BCUT2D eigenvalue weighted by atomic mass is 9.80. The van der Waals surface area contributed by atoms with Gasteiger partial charge in [-0.1, -0.05) is 54.6 Å². The predicted molar refractivity (Wildman–Crippen MR) is 106 cm³/mol. The molecule has 0 spiro atoms. The molecule has 0 saturated heterocycles. The van der Waals surface area contributed by atoms with Crippen LogP contribution in [0, 0.1) is 5.92 Å². The molecule has 0 aromatic heterocycles. The second-order valence-corrected chi connectivity index (χ2v) is 7.96. The fraction of sp³-hybridized carbons (Fsp3) is 0.417. The van der Waals surface area contributed by atoms with Gasteiger partial charge in [-0.05, 0) is 79.7 Å². The third-order valence-corrected chi connectivity index (χ3v) is 6.12. The summed E-state index contributed by atoms with van der Waals surface area (Å²) in [5.74, 6) is 1.44. The summed E-state index contributed by atoms with van der Waals surface area (Å²) in [6, 6.07) is 18.2. The Morgan fingerprint density at radius 3 is 2.56 bits per heavy atom. The van der Waals surface area contributed by atoms with E-state index < -0.39 is 0 Å². The highest BCUT2D eigenvalue weighted by atomic mass is 15.0. The van der Waals surface area contributed by atoms with Crippen molar-refractivity contribution in [3.8, 4) is 0 Å². The van der Waals surface area contributed by atoms with E-state index in [1.54, 1.807) is 0 Å². The Balaban J connectivity index is 1.83. The van der Waals surface area contributed by atoms with Gasteiger partial charge in [0.2, 0.25) is 0 Å². The second-order valence-electron chi connectivity index (χ2n) is 7.96. The Labute approximate surface area is 152 Å². The molecule has 2 aromatic carbocycles. The largest absolute Gasteiger partial charge is 0.304 e. The van der Waals surface area contributed by atoms with Crippen LogP contribution in [0.2, 0.25) is 0 Å². The minimum atomic E-state index is -0.0985. The number of benzene rings is 2. The fourth-order valence-corrected chi connectivity index (χ4v) is 4.45. The van der Waals surface area contributed by atoms with E-state index >= 15 is 0 Å². The molecule has 1 nitrogen and oxygen atoms in total. The van der Waals surface area contributed by atoms with E-state index in [4.69, 9.17) is 0 Å². The summed E-state index contributed by atoms with van der Waals surface area (Å²) in [6.45, 7) is 7.45. The van der Waals surface area contributed by atoms with Gasteiger partial charge in [0.15, 0.2) is 0 Å². The van der Waals surface area contributed by atoms with Gasteiger partial charge in [0.25, 0.3) is 0 Å². The molecule has 0 aliphatic heterocycles. The third-order valence-electron chi connectivity index (χ3n) is 6.12. The summed E-state index contributed by atoms with van der Waals surface area (Å²) in [7, 11) is 0. The summed E-state index contributed by atoms with van der Waals surface area (Å²) in [4.78, 5) is 0. The Kier molecular flexibility index (Phi) is 4.52. The molecular formula is C24H29N. The lowest BCUT2D eigenvalue weighted by molar-refractivity contribution is 0.424. The van der Waals surface area contributed by atoms with E-state index in [1.807, 2.05) is 0 Å². The van der Waals surface area contributed by atoms with Crippen molar-refractivity contribution in [2.75, 3.05) is 6.54 Å². The average molecular weight is 332 g/mol. The van der Waals surface area contributed by atoms with E-state index in [2.05, 4.69) is 73.4 Å². The fourth-order valence-electron chi connectivity index (χ4n) is 4.45. The molecule has 2 atom stereocenters. The molecule has 0 radical (unpaired) electrons. The Morgan fingerprint density at radius 1 is 1.08 bits per heavy atom. The maximum atomic E-state index is 3.97. The van der Waals surface area contributed by atoms with Gasteiger partial charge < -0.3 is 5.32 Å². The van der Waals surface area contributed by atoms with E-state index in [-0.39, 0.29) is 5.54 Å². The van der Waals surface area contributed by atoms with Crippen molar-refractivity contribution in [2.45, 2.75) is 50.5 Å². The molecule has 0 amide bonds. The van der Waals surface area contributed by atoms with Gasteiger partial charge in [-0.2, -0.15) is 0 Å². The van der Waals surface area contributed by atoms with Crippen LogP contribution in [0.5, 0.6) is 0 Å². The van der Waals surface area contributed by atoms with Crippen molar-refractivity contribution in [1.82, 2.24) is 5.32 Å². The molecule has 1 heteroatoms. The van der Waals surface area contributed by atoms with Crippen LogP contribution >= 0.6 is 0 Å². The quantitative estimate of drug-likeness (QED) is 0.684. The minimum Gasteiger partial charge on any atom is -0.304 e. The molecule has 2 aliphatic carbocycles. The van der Waals surface area contributed by atoms with Crippen LogP contribution in [0.15, 0.2) is 61.2 Å². The van der Waals surface area contributed by atoms with Crippen molar-refractivity contribution >= 4 is 0 Å². The number of fused-ring (bicyclic) bond motifs is 2. The lowest BCUT2D eigenvalue weighted by Gasteiger charge is -2.34. The van der Waals surface area contributed by atoms with Crippen molar-refractivity contribution in [2.24, 2.45) is 5.92 Å². The molecule has 25 heavy (non-hydrogen) atoms. The molecule has 130 valence electrons. The Hall–Kier alpha value is -1.86. The first-order valence-corrected chi connectivity index (χ1v) is 9.76. The van der Waals surface area contributed by atoms with Gasteiger partial charge in [0.1, 0.15) is 0 Å². The van der Waals surface area contributed by atoms with Gasteiger partial charge >= 0.3 is 0 Å². The molecule has 0 heterocycles. The molecule has 2 aromatic rings. The Morgan fingerprint density at radius 2 is 1.80 bits per heavy atom. The smallest absolute Gasteiger partial charge is 0.0667 e. The van der Waals surface area contributed by atoms with Crippen molar-refractivity contribution in [3.05, 3.63) is 83.4 Å². The minimum absolute atomic E-state index is 0.0985. The van der Waals surface area contributed by atoms with Crippen LogP contribution in [0.1, 0.15) is 60.8 Å². The van der Waals surface area contributed by atoms with Gasteiger partial charge in [-0.3, -0.25) is 0 Å². The predicted octanol–water partition coefficient (Wildman–Crippen LogP) is 5.56. The average Bonchev–Trinajstić information content (AvgIpc) is 3.48. The highest BCUT2D eigenvalue weighted by molar-refractivity contribution is 5.50. The molecule has 1 N–H and O–H groups in total. The summed E-state index contributed by atoms with van der Waals surface area (Å²) >= 11 is 0. The molecule has 1 fully saturated rings. The second kappa shape index (κ2) is 6.80. The first kappa shape index (κ1) is 16.6. The molecule has 0 bridgehead atoms. The molecular weight excluding hydrogens is 302 g/mol.